The van der Waals surface area contributed by atoms with E-state index >= 15 is 0 Å². The van der Waals surface area contributed by atoms with Crippen LogP contribution in [0, 0.1) is 0 Å². The first kappa shape index (κ1) is 14.8. The summed E-state index contributed by atoms with van der Waals surface area (Å²) in [5, 5.41) is 33.5. The molecule has 0 aromatic carbocycles. The minimum absolute atomic E-state index is 0.418. The van der Waals surface area contributed by atoms with Crippen LogP contribution in [0.1, 0.15) is 13.8 Å². The average Bonchev–Trinajstić information content (AvgIpc) is 2.27. The maximum atomic E-state index is 11.0. The molecule has 18 heavy (non-hydrogen) atoms. The fourth-order valence-electron chi connectivity index (χ4n) is 1.92. The third-order valence-corrected chi connectivity index (χ3v) is 2.68. The Morgan fingerprint density at radius 2 is 1.61 bits per heavy atom. The molecule has 0 bridgehead atoms. The summed E-state index contributed by atoms with van der Waals surface area (Å²) in [6.45, 7) is 2.00. The van der Waals surface area contributed by atoms with E-state index in [1.54, 1.807) is 0 Å². The highest BCUT2D eigenvalue weighted by Crippen LogP contribution is 2.19. The van der Waals surface area contributed by atoms with Gasteiger partial charge in [0.25, 0.3) is 0 Å². The average molecular weight is 262 g/mol. The fraction of sp³-hybridized carbons (Fsp3) is 0.800. The molecule has 0 unspecified atom stereocenters. The second kappa shape index (κ2) is 6.10. The van der Waals surface area contributed by atoms with Gasteiger partial charge in [-0.3, -0.25) is 9.59 Å². The maximum absolute atomic E-state index is 11.0. The predicted octanol–water partition coefficient (Wildman–Crippen LogP) is -2.93. The van der Waals surface area contributed by atoms with E-state index in [-0.39, 0.29) is 0 Å². The summed E-state index contributed by atoms with van der Waals surface area (Å²) in [7, 11) is 0. The Bertz CT molecular complexity index is 323. The van der Waals surface area contributed by atoms with Gasteiger partial charge in [0.1, 0.15) is 18.2 Å². The van der Waals surface area contributed by atoms with Gasteiger partial charge in [0.05, 0.1) is 12.6 Å². The second-order valence-corrected chi connectivity index (χ2v) is 4.19. The highest BCUT2D eigenvalue weighted by atomic mass is 16.6. The first-order valence-electron chi connectivity index (χ1n) is 5.53. The molecule has 1 saturated heterocycles. The lowest BCUT2D eigenvalue weighted by Crippen LogP contribution is -2.68. The van der Waals surface area contributed by atoms with Crippen molar-refractivity contribution in [2.45, 2.75) is 44.4 Å². The van der Waals surface area contributed by atoms with Crippen LogP contribution in [-0.4, -0.2) is 64.3 Å². The van der Waals surface area contributed by atoms with Gasteiger partial charge in [-0.2, -0.15) is 0 Å². The molecule has 1 heterocycles. The zero-order valence-corrected chi connectivity index (χ0v) is 10.2. The zero-order valence-electron chi connectivity index (χ0n) is 10.2. The van der Waals surface area contributed by atoms with E-state index in [9.17, 15) is 19.8 Å². The molecule has 104 valence electrons. The van der Waals surface area contributed by atoms with Crippen LogP contribution in [0.15, 0.2) is 0 Å². The highest BCUT2D eigenvalue weighted by Gasteiger charge is 2.45. The molecule has 5 N–H and O–H groups in total. The Labute approximate surface area is 104 Å². The molecule has 5 atom stereocenters. The van der Waals surface area contributed by atoms with Crippen molar-refractivity contribution in [2.24, 2.45) is 0 Å². The van der Waals surface area contributed by atoms with Crippen LogP contribution in [0.25, 0.3) is 0 Å². The molecule has 8 heteroatoms. The molecule has 1 aliphatic rings. The van der Waals surface area contributed by atoms with Crippen LogP contribution in [0.5, 0.6) is 0 Å². The van der Waals surface area contributed by atoms with E-state index in [0.29, 0.717) is 0 Å². The molecule has 8 nitrogen and oxygen atoms in total. The quantitative estimate of drug-likeness (QED) is 0.370. The molecule has 0 spiro atoms. The monoisotopic (exact) mass is 262 g/mol. The van der Waals surface area contributed by atoms with Gasteiger partial charge in [0, 0.05) is 13.8 Å². The number of hydrogen-bond acceptors (Lipinski definition) is 6. The lowest BCUT2D eigenvalue weighted by atomic mass is 9.94. The van der Waals surface area contributed by atoms with Gasteiger partial charge < -0.3 is 30.7 Å². The third kappa shape index (κ3) is 3.39. The lowest BCUT2D eigenvalue weighted by Gasteiger charge is -2.42. The first-order valence-corrected chi connectivity index (χ1v) is 5.53. The molecule has 0 aromatic rings. The highest BCUT2D eigenvalue weighted by molar-refractivity contribution is 5.74. The van der Waals surface area contributed by atoms with Crippen LogP contribution in [0.3, 0.4) is 0 Å². The fourth-order valence-corrected chi connectivity index (χ4v) is 1.92. The molecular weight excluding hydrogens is 244 g/mol. The van der Waals surface area contributed by atoms with Gasteiger partial charge in [0.15, 0.2) is 6.29 Å². The normalized spacial score (nSPS) is 35.9. The molecular formula is C10H18N2O6. The molecule has 0 aliphatic carbocycles. The summed E-state index contributed by atoms with van der Waals surface area (Å²) < 4.78 is 5.05. The molecule has 1 aliphatic heterocycles. The number of rotatable bonds is 3. The Morgan fingerprint density at radius 3 is 2.06 bits per heavy atom. The number of carbonyl (C=O) groups is 2. The van der Waals surface area contributed by atoms with Crippen LogP contribution in [0.4, 0.5) is 0 Å². The molecule has 0 aromatic heterocycles. The summed E-state index contributed by atoms with van der Waals surface area (Å²) in [4.78, 5) is 22.0. The smallest absolute Gasteiger partial charge is 0.217 e. The van der Waals surface area contributed by atoms with E-state index in [4.69, 9.17) is 9.84 Å². The van der Waals surface area contributed by atoms with Crippen molar-refractivity contribution < 1.29 is 29.6 Å². The van der Waals surface area contributed by atoms with Crippen molar-refractivity contribution >= 4 is 11.8 Å². The van der Waals surface area contributed by atoms with Gasteiger partial charge in [0.2, 0.25) is 11.8 Å². The molecule has 0 radical (unpaired) electrons. The Balaban J connectivity index is 2.84. The van der Waals surface area contributed by atoms with E-state index in [1.807, 2.05) is 0 Å². The van der Waals surface area contributed by atoms with Gasteiger partial charge in [-0.25, -0.2) is 0 Å². The van der Waals surface area contributed by atoms with E-state index in [2.05, 4.69) is 10.6 Å². The standard InChI is InChI=1S/C10H18N2O6/c1-4(14)11-7-6(3-13)18-10(17)8(9(7)16)12-5(2)15/h6-10,13,16-17H,3H2,1-2H3,(H,11,14)(H,12,15)/t6-,7-,8-,9+,10-/m1/s1. The van der Waals surface area contributed by atoms with E-state index in [0.717, 1.165) is 0 Å². The van der Waals surface area contributed by atoms with Crippen LogP contribution in [-0.2, 0) is 14.3 Å². The van der Waals surface area contributed by atoms with Gasteiger partial charge >= 0.3 is 0 Å². The second-order valence-electron chi connectivity index (χ2n) is 4.19. The largest absolute Gasteiger partial charge is 0.394 e. The van der Waals surface area contributed by atoms with Crippen LogP contribution < -0.4 is 10.6 Å². The summed E-state index contributed by atoms with van der Waals surface area (Å²) in [5.74, 6) is -0.871. The summed E-state index contributed by atoms with van der Waals surface area (Å²) in [6, 6.07) is -1.98. The topological polar surface area (TPSA) is 128 Å². The lowest BCUT2D eigenvalue weighted by molar-refractivity contribution is -0.226. The van der Waals surface area contributed by atoms with Crippen molar-refractivity contribution in [1.29, 1.82) is 0 Å². The Kier molecular flexibility index (Phi) is 5.03. The van der Waals surface area contributed by atoms with E-state index in [1.165, 1.54) is 13.8 Å². The van der Waals surface area contributed by atoms with Gasteiger partial charge in [-0.05, 0) is 0 Å². The summed E-state index contributed by atoms with van der Waals surface area (Å²) in [6.07, 6.45) is -3.66. The van der Waals surface area contributed by atoms with Crippen LogP contribution in [0.2, 0.25) is 0 Å². The third-order valence-electron chi connectivity index (χ3n) is 2.68. The van der Waals surface area contributed by atoms with Crippen molar-refractivity contribution in [1.82, 2.24) is 10.6 Å². The van der Waals surface area contributed by atoms with Crippen molar-refractivity contribution in [2.75, 3.05) is 6.61 Å². The maximum Gasteiger partial charge on any atom is 0.217 e. The minimum atomic E-state index is -1.45. The number of nitrogens with one attached hydrogen (secondary N) is 2. The van der Waals surface area contributed by atoms with Crippen molar-refractivity contribution in [3.05, 3.63) is 0 Å². The van der Waals surface area contributed by atoms with Gasteiger partial charge in [-0.15, -0.1) is 0 Å². The zero-order chi connectivity index (χ0) is 13.9. The predicted molar refractivity (Wildman–Crippen MR) is 59.2 cm³/mol. The first-order chi connectivity index (χ1) is 8.36. The number of ether oxygens (including phenoxy) is 1. The number of amides is 2. The minimum Gasteiger partial charge on any atom is -0.394 e. The van der Waals surface area contributed by atoms with E-state index < -0.39 is 49.0 Å². The van der Waals surface area contributed by atoms with Crippen LogP contribution >= 0.6 is 0 Å². The molecule has 0 saturated carbocycles. The number of hydrogen-bond donors (Lipinski definition) is 5. The molecule has 2 amide bonds. The van der Waals surface area contributed by atoms with Crippen molar-refractivity contribution in [3.8, 4) is 0 Å². The number of aliphatic hydroxyl groups excluding tert-OH is 3. The Hall–Kier alpha value is -1.22. The number of aliphatic hydroxyl groups is 3. The molecule has 1 fully saturated rings. The van der Waals surface area contributed by atoms with Crippen molar-refractivity contribution in [3.63, 3.8) is 0 Å². The SMILES string of the molecule is CC(=O)N[C@@H]1[C@@H](O)[C@H](NC(C)=O)[C@@H](CO)O[C@H]1O. The van der Waals surface area contributed by atoms with Gasteiger partial charge in [-0.1, -0.05) is 0 Å². The summed E-state index contributed by atoms with van der Waals surface area (Å²) in [5.41, 5.74) is 0. The number of carbonyl (C=O) groups excluding carboxylic acids is 2. The Morgan fingerprint density at radius 1 is 1.11 bits per heavy atom. The molecule has 1 rings (SSSR count). The summed E-state index contributed by atoms with van der Waals surface area (Å²) >= 11 is 0.